The van der Waals surface area contributed by atoms with Gasteiger partial charge in [0.15, 0.2) is 0 Å². The normalized spacial score (nSPS) is 30.4. The van der Waals surface area contributed by atoms with Crippen LogP contribution in [0.15, 0.2) is 12.2 Å². The van der Waals surface area contributed by atoms with E-state index in [0.717, 1.165) is 62.7 Å². The minimum atomic E-state index is 0. The van der Waals surface area contributed by atoms with Gasteiger partial charge in [0.2, 0.25) is 11.8 Å². The summed E-state index contributed by atoms with van der Waals surface area (Å²) in [6.45, 7) is 13.0. The minimum Gasteiger partial charge on any atom is -0.462 e. The number of esters is 1. The molecule has 6 nitrogen and oxygen atoms in total. The number of nitrogens with one attached hydrogen (secondary N) is 2. The molecule has 9 atom stereocenters. The van der Waals surface area contributed by atoms with E-state index in [1.807, 2.05) is 0 Å². The number of hydrogen-bond donors (Lipinski definition) is 2. The average molecular weight is 769 g/mol. The molecule has 0 saturated heterocycles. The highest BCUT2D eigenvalue weighted by molar-refractivity contribution is 5.77. The second-order valence-corrected chi connectivity index (χ2v) is 19.1. The molecule has 4 unspecified atom stereocenters. The van der Waals surface area contributed by atoms with Crippen molar-refractivity contribution in [1.82, 2.24) is 10.6 Å². The van der Waals surface area contributed by atoms with Gasteiger partial charge in [-0.25, -0.2) is 0 Å². The van der Waals surface area contributed by atoms with E-state index in [1.165, 1.54) is 109 Å². The first-order valence-corrected chi connectivity index (χ1v) is 23.5. The van der Waals surface area contributed by atoms with Crippen LogP contribution in [0.1, 0.15) is 215 Å². The van der Waals surface area contributed by atoms with E-state index in [9.17, 15) is 14.4 Å². The number of carbonyl (C=O) groups excluding carboxylic acids is 3. The third-order valence-corrected chi connectivity index (χ3v) is 15.5. The van der Waals surface area contributed by atoms with Crippen molar-refractivity contribution in [3.05, 3.63) is 12.2 Å². The SMILES string of the molecule is C.C/C=C/CCCCCCCCC(=O)NCCNC(=O)CCC(C)[C@H]1CC[C@H]2[C@H]3CC[C@H]4C[C@H](OC(=O)CCCCCCCCC)CCC4(C)C3CCC12C. The summed E-state index contributed by atoms with van der Waals surface area (Å²) in [6, 6.07) is 0. The van der Waals surface area contributed by atoms with E-state index in [2.05, 4.69) is 57.4 Å². The molecule has 4 rings (SSSR count). The molecule has 0 aromatic heterocycles. The Morgan fingerprint density at radius 3 is 2.00 bits per heavy atom. The lowest BCUT2D eigenvalue weighted by Crippen LogP contribution is -2.54. The van der Waals surface area contributed by atoms with E-state index in [4.69, 9.17) is 4.74 Å². The minimum absolute atomic E-state index is 0. The molecule has 6 heteroatoms. The van der Waals surface area contributed by atoms with Gasteiger partial charge in [-0.3, -0.25) is 14.4 Å². The summed E-state index contributed by atoms with van der Waals surface area (Å²) in [7, 11) is 0. The Balaban J connectivity index is 0.00000812. The van der Waals surface area contributed by atoms with Crippen molar-refractivity contribution >= 4 is 17.8 Å². The molecule has 4 saturated carbocycles. The lowest BCUT2D eigenvalue weighted by molar-refractivity contribution is -0.162. The van der Waals surface area contributed by atoms with Crippen molar-refractivity contribution in [2.45, 2.75) is 222 Å². The molecule has 2 amide bonds. The molecular weight excluding hydrogens is 681 g/mol. The summed E-state index contributed by atoms with van der Waals surface area (Å²) < 4.78 is 6.12. The zero-order valence-corrected chi connectivity index (χ0v) is 35.8. The number of amides is 2. The summed E-state index contributed by atoms with van der Waals surface area (Å²) in [5, 5.41) is 6.06. The standard InChI is InChI=1S/C48H84N2O4.CH4/c1-6-8-10-12-14-15-17-18-20-22-44(51)49-34-35-50-45(52)29-24-37(3)41-27-28-42-40-26-25-38-36-39(54-46(53)23-21-19-16-13-11-9-7-2)30-32-47(38,4)43(40)31-33-48(41,42)5;/h6,8,37-43H,7,9-36H2,1-5H3,(H,49,51)(H,50,52);1H4/b8-6+;/t37?,38-,39+,40+,41+,42-,43?,47?,48?;/m0./s1. The molecule has 0 heterocycles. The van der Waals surface area contributed by atoms with Crippen LogP contribution in [-0.4, -0.2) is 37.0 Å². The van der Waals surface area contributed by atoms with Gasteiger partial charge in [0.1, 0.15) is 6.10 Å². The van der Waals surface area contributed by atoms with Crippen LogP contribution in [0.25, 0.3) is 0 Å². The fraction of sp³-hybridized carbons (Fsp3) is 0.898. The van der Waals surface area contributed by atoms with Crippen molar-refractivity contribution in [1.29, 1.82) is 0 Å². The van der Waals surface area contributed by atoms with E-state index in [-0.39, 0.29) is 31.3 Å². The van der Waals surface area contributed by atoms with Gasteiger partial charge in [0, 0.05) is 32.4 Å². The summed E-state index contributed by atoms with van der Waals surface area (Å²) in [4.78, 5) is 37.8. The van der Waals surface area contributed by atoms with E-state index < -0.39 is 0 Å². The van der Waals surface area contributed by atoms with Gasteiger partial charge in [-0.15, -0.1) is 0 Å². The molecule has 0 aromatic carbocycles. The Labute approximate surface area is 339 Å². The fourth-order valence-corrected chi connectivity index (χ4v) is 12.3. The van der Waals surface area contributed by atoms with Gasteiger partial charge in [-0.05, 0) is 143 Å². The van der Waals surface area contributed by atoms with Crippen LogP contribution in [0, 0.1) is 46.3 Å². The molecule has 4 fully saturated rings. The van der Waals surface area contributed by atoms with E-state index >= 15 is 0 Å². The molecule has 0 spiro atoms. The van der Waals surface area contributed by atoms with Crippen LogP contribution in [0.3, 0.4) is 0 Å². The van der Waals surface area contributed by atoms with Crippen LogP contribution in [0.4, 0.5) is 0 Å². The van der Waals surface area contributed by atoms with E-state index in [0.29, 0.717) is 60.9 Å². The third-order valence-electron chi connectivity index (χ3n) is 15.5. The smallest absolute Gasteiger partial charge is 0.306 e. The van der Waals surface area contributed by atoms with Gasteiger partial charge >= 0.3 is 5.97 Å². The molecular formula is C49H88N2O4. The summed E-state index contributed by atoms with van der Waals surface area (Å²) >= 11 is 0. The highest BCUT2D eigenvalue weighted by Crippen LogP contribution is 2.68. The molecule has 0 aliphatic heterocycles. The van der Waals surface area contributed by atoms with Gasteiger partial charge in [0.25, 0.3) is 0 Å². The van der Waals surface area contributed by atoms with Gasteiger partial charge in [0.05, 0.1) is 0 Å². The molecule has 0 aromatic rings. The van der Waals surface area contributed by atoms with Crippen LogP contribution in [0.2, 0.25) is 0 Å². The highest BCUT2D eigenvalue weighted by Gasteiger charge is 2.60. The van der Waals surface area contributed by atoms with Crippen LogP contribution >= 0.6 is 0 Å². The predicted molar refractivity (Wildman–Crippen MR) is 231 cm³/mol. The molecule has 4 aliphatic rings. The molecule has 2 N–H and O–H groups in total. The first-order valence-electron chi connectivity index (χ1n) is 23.5. The third kappa shape index (κ3) is 14.2. The van der Waals surface area contributed by atoms with Crippen LogP contribution in [0.5, 0.6) is 0 Å². The maximum Gasteiger partial charge on any atom is 0.306 e. The number of unbranched alkanes of at least 4 members (excludes halogenated alkanes) is 12. The summed E-state index contributed by atoms with van der Waals surface area (Å²) in [5.74, 6) is 4.66. The second kappa shape index (κ2) is 24.8. The van der Waals surface area contributed by atoms with Crippen molar-refractivity contribution in [2.75, 3.05) is 13.1 Å². The maximum absolute atomic E-state index is 12.8. The van der Waals surface area contributed by atoms with Crippen molar-refractivity contribution in [3.63, 3.8) is 0 Å². The molecule has 4 aliphatic carbocycles. The Kier molecular flexibility index (Phi) is 21.4. The van der Waals surface area contributed by atoms with Gasteiger partial charge in [-0.2, -0.15) is 0 Å². The maximum atomic E-state index is 12.8. The largest absolute Gasteiger partial charge is 0.462 e. The molecule has 55 heavy (non-hydrogen) atoms. The van der Waals surface area contributed by atoms with Crippen molar-refractivity contribution in [3.8, 4) is 0 Å². The number of rotatable bonds is 25. The number of allylic oxidation sites excluding steroid dienone is 2. The highest BCUT2D eigenvalue weighted by atomic mass is 16.5. The molecule has 0 bridgehead atoms. The monoisotopic (exact) mass is 769 g/mol. The lowest BCUT2D eigenvalue weighted by Gasteiger charge is -2.61. The lowest BCUT2D eigenvalue weighted by atomic mass is 9.44. The molecule has 318 valence electrons. The van der Waals surface area contributed by atoms with Gasteiger partial charge < -0.3 is 15.4 Å². The number of hydrogen-bond acceptors (Lipinski definition) is 4. The Morgan fingerprint density at radius 2 is 1.31 bits per heavy atom. The zero-order chi connectivity index (χ0) is 38.8. The Hall–Kier alpha value is -1.85. The number of carbonyl (C=O) groups is 3. The van der Waals surface area contributed by atoms with Crippen LogP contribution in [-0.2, 0) is 19.1 Å². The predicted octanol–water partition coefficient (Wildman–Crippen LogP) is 12.7. The average Bonchev–Trinajstić information content (AvgIpc) is 3.52. The topological polar surface area (TPSA) is 84.5 Å². The fourth-order valence-electron chi connectivity index (χ4n) is 12.3. The number of fused-ring (bicyclic) bond motifs is 5. The van der Waals surface area contributed by atoms with Crippen molar-refractivity contribution < 1.29 is 19.1 Å². The molecule has 0 radical (unpaired) electrons. The zero-order valence-electron chi connectivity index (χ0n) is 35.8. The second-order valence-electron chi connectivity index (χ2n) is 19.1. The Bertz CT molecular complexity index is 1150. The quantitative estimate of drug-likeness (QED) is 0.0550. The first-order chi connectivity index (χ1) is 26.1. The number of ether oxygens (including phenoxy) is 1. The first kappa shape index (κ1) is 47.5. The van der Waals surface area contributed by atoms with Crippen molar-refractivity contribution in [2.24, 2.45) is 46.3 Å². The Morgan fingerprint density at radius 1 is 0.709 bits per heavy atom. The van der Waals surface area contributed by atoms with Crippen LogP contribution < -0.4 is 10.6 Å². The summed E-state index contributed by atoms with van der Waals surface area (Å²) in [6.07, 6.45) is 35.4. The van der Waals surface area contributed by atoms with Gasteiger partial charge in [-0.1, -0.05) is 111 Å². The van der Waals surface area contributed by atoms with E-state index in [1.54, 1.807) is 0 Å². The summed E-state index contributed by atoms with van der Waals surface area (Å²) in [5.41, 5.74) is 0.776.